The molecule has 6 heteroatoms. The van der Waals surface area contributed by atoms with Crippen molar-refractivity contribution in [2.75, 3.05) is 5.01 Å². The summed E-state index contributed by atoms with van der Waals surface area (Å²) >= 11 is 1.35. The molecule has 2 aromatic rings. The zero-order valence-corrected chi connectivity index (χ0v) is 16.7. The van der Waals surface area contributed by atoms with E-state index in [9.17, 15) is 10.1 Å². The van der Waals surface area contributed by atoms with Crippen molar-refractivity contribution in [3.05, 3.63) is 53.2 Å². The molecule has 1 aromatic carbocycles. The average Bonchev–Trinajstić information content (AvgIpc) is 2.98. The van der Waals surface area contributed by atoms with E-state index in [4.69, 9.17) is 4.98 Å². The summed E-state index contributed by atoms with van der Waals surface area (Å²) in [4.78, 5) is 17.8. The molecule has 0 unspecified atom stereocenters. The molecule has 0 fully saturated rings. The molecule has 2 heterocycles. The number of hydrogen-bond donors (Lipinski definition) is 0. The fraction of sp³-hybridized carbons (Fsp3) is 0.364. The van der Waals surface area contributed by atoms with Gasteiger partial charge in [-0.05, 0) is 56.4 Å². The molecule has 1 atom stereocenters. The lowest BCUT2D eigenvalue weighted by atomic mass is 9.96. The van der Waals surface area contributed by atoms with Crippen molar-refractivity contribution in [1.29, 1.82) is 5.26 Å². The number of rotatable bonds is 3. The molecule has 0 saturated heterocycles. The number of nitrogens with zero attached hydrogens (tertiary/aromatic N) is 4. The number of nitriles is 1. The largest absolute Gasteiger partial charge is 0.271 e. The van der Waals surface area contributed by atoms with E-state index in [1.807, 2.05) is 43.3 Å². The van der Waals surface area contributed by atoms with Crippen LogP contribution in [0.1, 0.15) is 49.4 Å². The van der Waals surface area contributed by atoms with E-state index in [-0.39, 0.29) is 5.91 Å². The second kappa shape index (κ2) is 8.15. The van der Waals surface area contributed by atoms with Crippen molar-refractivity contribution in [2.24, 2.45) is 5.10 Å². The molecule has 0 bridgehead atoms. The lowest BCUT2D eigenvalue weighted by molar-refractivity contribution is -0.116. The Morgan fingerprint density at radius 3 is 2.64 bits per heavy atom. The number of para-hydroxylation sites is 1. The van der Waals surface area contributed by atoms with E-state index < -0.39 is 5.25 Å². The number of benzene rings is 1. The third kappa shape index (κ3) is 3.67. The van der Waals surface area contributed by atoms with Crippen molar-refractivity contribution in [1.82, 2.24) is 4.98 Å². The van der Waals surface area contributed by atoms with Gasteiger partial charge in [0.05, 0.1) is 17.0 Å². The van der Waals surface area contributed by atoms with Crippen LogP contribution in [0.25, 0.3) is 0 Å². The van der Waals surface area contributed by atoms with Gasteiger partial charge in [0.2, 0.25) is 0 Å². The van der Waals surface area contributed by atoms with Crippen molar-refractivity contribution in [3.63, 3.8) is 0 Å². The summed E-state index contributed by atoms with van der Waals surface area (Å²) in [5, 5.41) is 15.8. The Morgan fingerprint density at radius 2 is 1.89 bits per heavy atom. The number of anilines is 1. The number of fused-ring (bicyclic) bond motifs is 1. The minimum atomic E-state index is -0.452. The summed E-state index contributed by atoms with van der Waals surface area (Å²) in [5.41, 5.74) is 4.32. The third-order valence-corrected chi connectivity index (χ3v) is 6.50. The fourth-order valence-corrected chi connectivity index (χ4v) is 4.72. The molecule has 142 valence electrons. The molecule has 1 aliphatic carbocycles. The zero-order chi connectivity index (χ0) is 19.5. The van der Waals surface area contributed by atoms with Crippen molar-refractivity contribution < 1.29 is 4.79 Å². The summed E-state index contributed by atoms with van der Waals surface area (Å²) in [7, 11) is 0. The first-order chi connectivity index (χ1) is 13.7. The second-order valence-electron chi connectivity index (χ2n) is 7.20. The summed E-state index contributed by atoms with van der Waals surface area (Å²) in [5.74, 6) is -0.0915. The number of aryl methyl sites for hydroxylation is 2. The number of amides is 1. The molecular weight excluding hydrogens is 368 g/mol. The summed E-state index contributed by atoms with van der Waals surface area (Å²) < 4.78 is 0. The number of pyridine rings is 1. The number of aromatic nitrogens is 1. The Labute approximate surface area is 169 Å². The van der Waals surface area contributed by atoms with Gasteiger partial charge in [-0.3, -0.25) is 4.79 Å². The molecular formula is C22H22N4OS. The van der Waals surface area contributed by atoms with Crippen LogP contribution in [0.3, 0.4) is 0 Å². The molecule has 28 heavy (non-hydrogen) atoms. The number of hydrogen-bond acceptors (Lipinski definition) is 5. The number of thioether (sulfide) groups is 1. The third-order valence-electron chi connectivity index (χ3n) is 5.19. The van der Waals surface area contributed by atoms with Gasteiger partial charge in [-0.1, -0.05) is 42.8 Å². The van der Waals surface area contributed by atoms with Crippen LogP contribution in [0.2, 0.25) is 0 Å². The number of carbonyl (C=O) groups is 1. The van der Waals surface area contributed by atoms with Crippen LogP contribution in [0.15, 0.2) is 46.5 Å². The summed E-state index contributed by atoms with van der Waals surface area (Å²) in [6.07, 6.45) is 6.65. The van der Waals surface area contributed by atoms with Crippen LogP contribution in [-0.2, 0) is 17.6 Å². The summed E-state index contributed by atoms with van der Waals surface area (Å²) in [6, 6.07) is 13.7. The Morgan fingerprint density at radius 1 is 1.14 bits per heavy atom. The molecule has 0 radical (unpaired) electrons. The summed E-state index contributed by atoms with van der Waals surface area (Å²) in [6.45, 7) is 1.86. The molecule has 0 spiro atoms. The van der Waals surface area contributed by atoms with E-state index in [2.05, 4.69) is 11.2 Å². The van der Waals surface area contributed by atoms with Crippen LogP contribution in [0, 0.1) is 11.3 Å². The first kappa shape index (κ1) is 18.7. The van der Waals surface area contributed by atoms with Gasteiger partial charge in [-0.2, -0.15) is 15.4 Å². The first-order valence-corrected chi connectivity index (χ1v) is 10.6. The zero-order valence-electron chi connectivity index (χ0n) is 15.9. The monoisotopic (exact) mass is 390 g/mol. The van der Waals surface area contributed by atoms with E-state index in [1.165, 1.54) is 35.2 Å². The highest BCUT2D eigenvalue weighted by molar-refractivity contribution is 8.01. The van der Waals surface area contributed by atoms with Gasteiger partial charge in [0.25, 0.3) is 5.91 Å². The minimum absolute atomic E-state index is 0.0915. The van der Waals surface area contributed by atoms with Gasteiger partial charge < -0.3 is 0 Å². The predicted molar refractivity (Wildman–Crippen MR) is 112 cm³/mol. The molecule has 1 aromatic heterocycles. The molecule has 5 nitrogen and oxygen atoms in total. The Bertz CT molecular complexity index is 964. The minimum Gasteiger partial charge on any atom is -0.271 e. The van der Waals surface area contributed by atoms with Crippen molar-refractivity contribution >= 4 is 29.1 Å². The van der Waals surface area contributed by atoms with Gasteiger partial charge in [0.1, 0.15) is 16.3 Å². The topological polar surface area (TPSA) is 69.3 Å². The maximum atomic E-state index is 13.0. The van der Waals surface area contributed by atoms with Crippen LogP contribution >= 0.6 is 11.8 Å². The quantitative estimate of drug-likeness (QED) is 0.774. The van der Waals surface area contributed by atoms with Gasteiger partial charge in [-0.25, -0.2) is 4.98 Å². The van der Waals surface area contributed by atoms with Crippen molar-refractivity contribution in [3.8, 4) is 6.07 Å². The van der Waals surface area contributed by atoms with E-state index >= 15 is 0 Å². The molecule has 1 aliphatic heterocycles. The first-order valence-electron chi connectivity index (χ1n) is 9.71. The highest BCUT2D eigenvalue weighted by atomic mass is 32.2. The second-order valence-corrected chi connectivity index (χ2v) is 8.29. The predicted octanol–water partition coefficient (Wildman–Crippen LogP) is 4.50. The SMILES string of the molecule is CC1=NN(c2ccccc2)C(=O)[C@H]1Sc1nc2c(cc1C#N)CCCCCC2. The normalized spacial score (nSPS) is 19.4. The molecule has 0 N–H and O–H groups in total. The molecule has 4 rings (SSSR count). The number of carbonyl (C=O) groups excluding carboxylic acids is 1. The van der Waals surface area contributed by atoms with Crippen LogP contribution < -0.4 is 5.01 Å². The van der Waals surface area contributed by atoms with Crippen LogP contribution in [0.4, 0.5) is 5.69 Å². The maximum absolute atomic E-state index is 13.0. The van der Waals surface area contributed by atoms with E-state index in [1.54, 1.807) is 0 Å². The van der Waals surface area contributed by atoms with E-state index in [0.717, 1.165) is 42.8 Å². The molecule has 2 aliphatic rings. The standard InChI is InChI=1S/C22H22N4OS/c1-15-20(22(27)26(25-15)18-10-6-4-7-11-18)28-21-17(14-23)13-16-9-5-2-3-8-12-19(16)24-21/h4,6-7,10-11,13,20H,2-3,5,8-9,12H2,1H3/t20-/m0/s1. The Balaban J connectivity index is 1.62. The molecule has 1 amide bonds. The number of hydrazone groups is 1. The highest BCUT2D eigenvalue weighted by Gasteiger charge is 2.36. The van der Waals surface area contributed by atoms with Gasteiger partial charge in [-0.15, -0.1) is 0 Å². The van der Waals surface area contributed by atoms with Crippen LogP contribution in [0.5, 0.6) is 0 Å². The van der Waals surface area contributed by atoms with E-state index in [0.29, 0.717) is 10.6 Å². The molecule has 0 saturated carbocycles. The lowest BCUT2D eigenvalue weighted by Gasteiger charge is -2.17. The Kier molecular flexibility index (Phi) is 5.45. The van der Waals surface area contributed by atoms with Crippen molar-refractivity contribution in [2.45, 2.75) is 55.7 Å². The highest BCUT2D eigenvalue weighted by Crippen LogP contribution is 2.34. The van der Waals surface area contributed by atoms with Gasteiger partial charge >= 0.3 is 0 Å². The average molecular weight is 391 g/mol. The van der Waals surface area contributed by atoms with Gasteiger partial charge in [0, 0.05) is 5.69 Å². The van der Waals surface area contributed by atoms with Gasteiger partial charge in [0.15, 0.2) is 0 Å². The van der Waals surface area contributed by atoms with Crippen LogP contribution in [-0.4, -0.2) is 21.9 Å². The Hall–Kier alpha value is -2.65. The maximum Gasteiger partial charge on any atom is 0.266 e. The fourth-order valence-electron chi connectivity index (χ4n) is 3.69. The lowest BCUT2D eigenvalue weighted by Crippen LogP contribution is -2.29. The smallest absolute Gasteiger partial charge is 0.266 e.